The molecule has 0 unspecified atom stereocenters. The third-order valence-corrected chi connectivity index (χ3v) is 4.86. The van der Waals surface area contributed by atoms with E-state index in [0.29, 0.717) is 5.82 Å². The quantitative estimate of drug-likeness (QED) is 0.393. The number of alkyl halides is 6. The molecule has 1 aliphatic heterocycles. The van der Waals surface area contributed by atoms with E-state index < -0.39 is 30.3 Å². The van der Waals surface area contributed by atoms with Gasteiger partial charge in [-0.25, -0.2) is 19.4 Å². The summed E-state index contributed by atoms with van der Waals surface area (Å²) >= 11 is 0. The molecule has 3 heterocycles. The predicted octanol–water partition coefficient (Wildman–Crippen LogP) is 3.20. The van der Waals surface area contributed by atoms with Gasteiger partial charge in [-0.05, 0) is 31.9 Å². The molecule has 0 atom stereocenters. The lowest BCUT2D eigenvalue weighted by Gasteiger charge is -2.18. The number of aromatic carboxylic acids is 1. The number of carbonyl (C=O) groups is 3. The van der Waals surface area contributed by atoms with E-state index in [1.807, 2.05) is 38.0 Å². The number of anilines is 1. The van der Waals surface area contributed by atoms with E-state index in [9.17, 15) is 36.2 Å². The number of pyridine rings is 1. The number of aryl methyl sites for hydroxylation is 1. The molecule has 0 saturated carbocycles. The van der Waals surface area contributed by atoms with Gasteiger partial charge in [0.15, 0.2) is 0 Å². The zero-order valence-corrected chi connectivity index (χ0v) is 21.0. The molecule has 0 aromatic carbocycles. The van der Waals surface area contributed by atoms with Crippen LogP contribution in [0.25, 0.3) is 0 Å². The first-order valence-corrected chi connectivity index (χ1v) is 11.1. The third kappa shape index (κ3) is 11.6. The van der Waals surface area contributed by atoms with Crippen LogP contribution in [0.2, 0.25) is 0 Å². The summed E-state index contributed by atoms with van der Waals surface area (Å²) in [6.45, 7) is 6.61. The zero-order valence-electron chi connectivity index (χ0n) is 21.0. The van der Waals surface area contributed by atoms with Crippen LogP contribution >= 0.6 is 0 Å². The van der Waals surface area contributed by atoms with Gasteiger partial charge in [-0.15, -0.1) is 0 Å². The Morgan fingerprint density at radius 3 is 1.92 bits per heavy atom. The number of hydrogen-bond acceptors (Lipinski definition) is 7. The third-order valence-electron chi connectivity index (χ3n) is 4.86. The molecule has 4 N–H and O–H groups in total. The zero-order chi connectivity index (χ0) is 30.1. The maximum atomic E-state index is 11.6. The summed E-state index contributed by atoms with van der Waals surface area (Å²) in [6.07, 6.45) is -4.61. The minimum atomic E-state index is -5.08. The highest BCUT2D eigenvalue weighted by molar-refractivity contribution is 5.93. The number of carboxylic acid groups (broad SMARTS) is 3. The second kappa shape index (κ2) is 13.8. The summed E-state index contributed by atoms with van der Waals surface area (Å²) in [7, 11) is 1.92. The lowest BCUT2D eigenvalue weighted by atomic mass is 10.1. The van der Waals surface area contributed by atoms with Crippen LogP contribution < -0.4 is 5.32 Å². The van der Waals surface area contributed by atoms with Crippen molar-refractivity contribution in [2.45, 2.75) is 51.6 Å². The van der Waals surface area contributed by atoms with Crippen molar-refractivity contribution in [3.8, 4) is 0 Å². The summed E-state index contributed by atoms with van der Waals surface area (Å²) in [5.74, 6) is -5.98. The van der Waals surface area contributed by atoms with Crippen molar-refractivity contribution in [3.05, 3.63) is 40.8 Å². The van der Waals surface area contributed by atoms with Gasteiger partial charge in [-0.2, -0.15) is 31.4 Å². The van der Waals surface area contributed by atoms with Gasteiger partial charge < -0.3 is 20.6 Å². The van der Waals surface area contributed by atoms with E-state index in [1.54, 1.807) is 6.07 Å². The number of rotatable bonds is 5. The largest absolute Gasteiger partial charge is 0.490 e. The number of aliphatic carboxylic acids is 2. The van der Waals surface area contributed by atoms with E-state index >= 15 is 0 Å². The normalized spacial score (nSPS) is 13.7. The molecule has 3 rings (SSSR count). The highest BCUT2D eigenvalue weighted by Crippen LogP contribution is 2.23. The molecule has 11 nitrogen and oxygen atoms in total. The second-order valence-corrected chi connectivity index (χ2v) is 8.50. The molecule has 39 heavy (non-hydrogen) atoms. The Bertz CT molecular complexity index is 1130. The topological polar surface area (TPSA) is 158 Å². The van der Waals surface area contributed by atoms with Crippen molar-refractivity contribution in [2.24, 2.45) is 7.05 Å². The number of nitrogens with one attached hydrogen (secondary N) is 1. The molecule has 0 bridgehead atoms. The van der Waals surface area contributed by atoms with Crippen LogP contribution in [0, 0.1) is 0 Å². The van der Waals surface area contributed by atoms with Crippen LogP contribution in [0.4, 0.5) is 32.2 Å². The van der Waals surface area contributed by atoms with Crippen LogP contribution in [0.15, 0.2) is 18.5 Å². The Morgan fingerprint density at radius 1 is 1.00 bits per heavy atom. The van der Waals surface area contributed by atoms with Crippen LogP contribution in [0.5, 0.6) is 0 Å². The predicted molar refractivity (Wildman–Crippen MR) is 123 cm³/mol. The highest BCUT2D eigenvalue weighted by Gasteiger charge is 2.38. The lowest BCUT2D eigenvalue weighted by molar-refractivity contribution is -0.193. The van der Waals surface area contributed by atoms with Crippen LogP contribution in [0.3, 0.4) is 0 Å². The number of halogens is 6. The van der Waals surface area contributed by atoms with E-state index in [2.05, 4.69) is 20.3 Å². The molecule has 17 heteroatoms. The second-order valence-electron chi connectivity index (χ2n) is 8.50. The van der Waals surface area contributed by atoms with Gasteiger partial charge in [0.1, 0.15) is 11.4 Å². The molecule has 2 aromatic heterocycles. The fraction of sp³-hybridized carbons (Fsp3) is 0.500. The molecule has 218 valence electrons. The molecule has 2 aromatic rings. The Kier molecular flexibility index (Phi) is 11.7. The SMILES string of the molecule is CC(C)Nc1nc2c(cc1C(=O)O)CCN(Cc1cnn(C)c1)CC2.O=C(O)C(F)(F)F.O=C(O)C(F)(F)F. The fourth-order valence-electron chi connectivity index (χ4n) is 3.20. The van der Waals surface area contributed by atoms with Crippen molar-refractivity contribution < 1.29 is 56.0 Å². The van der Waals surface area contributed by atoms with Gasteiger partial charge in [0.25, 0.3) is 0 Å². The van der Waals surface area contributed by atoms with E-state index in [4.69, 9.17) is 19.8 Å². The summed E-state index contributed by atoms with van der Waals surface area (Å²) in [5.41, 5.74) is 3.49. The molecule has 0 radical (unpaired) electrons. The Labute approximate surface area is 218 Å². The Hall–Kier alpha value is -3.89. The molecule has 0 spiro atoms. The summed E-state index contributed by atoms with van der Waals surface area (Å²) < 4.78 is 65.3. The van der Waals surface area contributed by atoms with Crippen LogP contribution in [-0.4, -0.2) is 84.4 Å². The molecule has 0 fully saturated rings. The van der Waals surface area contributed by atoms with Crippen molar-refractivity contribution in [2.75, 3.05) is 18.4 Å². The molecule has 0 amide bonds. The number of nitrogens with zero attached hydrogens (tertiary/aromatic N) is 4. The Balaban J connectivity index is 0.000000449. The van der Waals surface area contributed by atoms with Gasteiger partial charge >= 0.3 is 30.3 Å². The molecular weight excluding hydrogens is 544 g/mol. The van der Waals surface area contributed by atoms with Gasteiger partial charge in [0.05, 0.1) is 6.20 Å². The first kappa shape index (κ1) is 33.1. The summed E-state index contributed by atoms with van der Waals surface area (Å²) in [4.78, 5) is 36.4. The average Bonchev–Trinajstić information content (AvgIpc) is 3.09. The number of carboxylic acids is 3. The molecule has 1 aliphatic rings. The standard InChI is InChI=1S/C18H25N5O2.2C2HF3O2/c1-12(2)20-17-15(18(24)25)8-14-4-6-23(7-5-16(14)21-17)11-13-9-19-22(3)10-13;2*3-2(4,5)1(6)7/h8-10,12H,4-7,11H2,1-3H3,(H,20,21)(H,24,25);2*(H,6,7). The van der Waals surface area contributed by atoms with E-state index in [1.165, 1.54) is 5.56 Å². The molecule has 0 saturated heterocycles. The van der Waals surface area contributed by atoms with Crippen molar-refractivity contribution in [1.82, 2.24) is 19.7 Å². The fourth-order valence-corrected chi connectivity index (χ4v) is 3.20. The van der Waals surface area contributed by atoms with Crippen molar-refractivity contribution in [1.29, 1.82) is 0 Å². The number of hydrogen-bond donors (Lipinski definition) is 4. The lowest BCUT2D eigenvalue weighted by Crippen LogP contribution is -2.25. The molecule has 0 aliphatic carbocycles. The summed E-state index contributed by atoms with van der Waals surface area (Å²) in [6, 6.07) is 1.93. The first-order chi connectivity index (χ1) is 17.8. The van der Waals surface area contributed by atoms with Gasteiger partial charge in [-0.1, -0.05) is 0 Å². The minimum Gasteiger partial charge on any atom is -0.478 e. The highest BCUT2D eigenvalue weighted by atomic mass is 19.4. The van der Waals surface area contributed by atoms with Crippen LogP contribution in [-0.2, 0) is 36.0 Å². The minimum absolute atomic E-state index is 0.136. The maximum absolute atomic E-state index is 11.6. The monoisotopic (exact) mass is 571 g/mol. The average molecular weight is 571 g/mol. The van der Waals surface area contributed by atoms with E-state index in [-0.39, 0.29) is 11.6 Å². The van der Waals surface area contributed by atoms with Crippen molar-refractivity contribution in [3.63, 3.8) is 0 Å². The van der Waals surface area contributed by atoms with Gasteiger partial charge in [0, 0.05) is 56.6 Å². The van der Waals surface area contributed by atoms with Crippen molar-refractivity contribution >= 4 is 23.7 Å². The number of aromatic nitrogens is 3. The molecular formula is C22H27F6N5O6. The first-order valence-electron chi connectivity index (χ1n) is 11.1. The van der Waals surface area contributed by atoms with E-state index in [0.717, 1.165) is 43.7 Å². The summed E-state index contributed by atoms with van der Waals surface area (Å²) in [5, 5.41) is 31.1. The van der Waals surface area contributed by atoms with Gasteiger partial charge in [0.2, 0.25) is 0 Å². The number of fused-ring (bicyclic) bond motifs is 1. The van der Waals surface area contributed by atoms with Gasteiger partial charge in [-0.3, -0.25) is 9.58 Å². The van der Waals surface area contributed by atoms with Crippen LogP contribution in [0.1, 0.15) is 41.0 Å². The maximum Gasteiger partial charge on any atom is 0.490 e. The smallest absolute Gasteiger partial charge is 0.478 e. The Morgan fingerprint density at radius 2 is 1.51 bits per heavy atom.